The molecule has 0 amide bonds. The van der Waals surface area contributed by atoms with Gasteiger partial charge in [0.25, 0.3) is 0 Å². The van der Waals surface area contributed by atoms with Gasteiger partial charge in [-0.1, -0.05) is 30.3 Å². The van der Waals surface area contributed by atoms with Gasteiger partial charge in [-0.2, -0.15) is 0 Å². The Morgan fingerprint density at radius 1 is 1.25 bits per heavy atom. The van der Waals surface area contributed by atoms with Crippen molar-refractivity contribution in [3.05, 3.63) is 53.1 Å². The van der Waals surface area contributed by atoms with Crippen LogP contribution in [0, 0.1) is 0 Å². The van der Waals surface area contributed by atoms with Gasteiger partial charge in [-0.15, -0.1) is 0 Å². The predicted octanol–water partition coefficient (Wildman–Crippen LogP) is 3.55. The molecule has 1 heteroatoms. The molecule has 0 fully saturated rings. The zero-order valence-corrected chi connectivity index (χ0v) is 9.57. The summed E-state index contributed by atoms with van der Waals surface area (Å²) >= 11 is 0. The molecule has 1 nitrogen and oxygen atoms in total. The van der Waals surface area contributed by atoms with Crippen LogP contribution in [-0.4, -0.2) is 6.29 Å². The largest absolute Gasteiger partial charge is 0.299 e. The van der Waals surface area contributed by atoms with Gasteiger partial charge in [0.15, 0.2) is 0 Å². The van der Waals surface area contributed by atoms with Gasteiger partial charge >= 0.3 is 0 Å². The summed E-state index contributed by atoms with van der Waals surface area (Å²) in [5.74, 6) is 0. The number of rotatable bonds is 2. The zero-order chi connectivity index (χ0) is 11.4. The second kappa shape index (κ2) is 4.93. The van der Waals surface area contributed by atoms with Gasteiger partial charge in [0.1, 0.15) is 6.29 Å². The first kappa shape index (κ1) is 10.9. The van der Waals surface area contributed by atoms with Gasteiger partial charge in [-0.3, -0.25) is 4.79 Å². The summed E-state index contributed by atoms with van der Waals surface area (Å²) in [5.41, 5.74) is 5.17. The van der Waals surface area contributed by atoms with Gasteiger partial charge in [0.2, 0.25) is 0 Å². The van der Waals surface area contributed by atoms with E-state index < -0.39 is 0 Å². The van der Waals surface area contributed by atoms with Crippen LogP contribution in [-0.2, 0) is 11.2 Å². The van der Waals surface area contributed by atoms with Gasteiger partial charge in [0.05, 0.1) is 0 Å². The molecule has 1 aliphatic rings. The maximum absolute atomic E-state index is 10.4. The number of carbonyl (C=O) groups is 1. The van der Waals surface area contributed by atoms with Crippen LogP contribution in [0.2, 0.25) is 0 Å². The van der Waals surface area contributed by atoms with E-state index in [2.05, 4.69) is 30.3 Å². The zero-order valence-electron chi connectivity index (χ0n) is 9.57. The third-order valence-electron chi connectivity index (χ3n) is 2.99. The third kappa shape index (κ3) is 2.30. The summed E-state index contributed by atoms with van der Waals surface area (Å²) in [6.45, 7) is 1.97. The maximum atomic E-state index is 10.4. The number of allylic oxidation sites excluding steroid dienone is 4. The molecule has 0 unspecified atom stereocenters. The summed E-state index contributed by atoms with van der Waals surface area (Å²) in [7, 11) is 0. The Hall–Kier alpha value is -1.63. The third-order valence-corrected chi connectivity index (χ3v) is 2.99. The van der Waals surface area contributed by atoms with Crippen molar-refractivity contribution in [1.29, 1.82) is 0 Å². The molecule has 0 heterocycles. The number of fused-ring (bicyclic) bond motifs is 1. The first-order chi connectivity index (χ1) is 7.81. The highest BCUT2D eigenvalue weighted by Crippen LogP contribution is 2.31. The summed E-state index contributed by atoms with van der Waals surface area (Å²) in [5, 5.41) is 0. The van der Waals surface area contributed by atoms with Crippen LogP contribution in [0.5, 0.6) is 0 Å². The van der Waals surface area contributed by atoms with E-state index in [9.17, 15) is 4.79 Å². The Bertz CT molecular complexity index is 452. The standard InChI is InChI=1S/C15H16O/c1-12(9-10-16)11-14-7-4-6-13-5-2-3-8-15(13)14/h2-3,5,8-11H,4,6-7H2,1H3/b12-9-,14-11+. The average molecular weight is 212 g/mol. The highest BCUT2D eigenvalue weighted by molar-refractivity contribution is 5.74. The molecule has 0 spiro atoms. The van der Waals surface area contributed by atoms with Gasteiger partial charge in [-0.25, -0.2) is 0 Å². The highest BCUT2D eigenvalue weighted by atomic mass is 16.1. The lowest BCUT2D eigenvalue weighted by molar-refractivity contribution is -0.104. The summed E-state index contributed by atoms with van der Waals surface area (Å²) in [6, 6.07) is 8.54. The molecule has 0 N–H and O–H groups in total. The van der Waals surface area contributed by atoms with E-state index in [0.717, 1.165) is 18.3 Å². The number of aldehydes is 1. The van der Waals surface area contributed by atoms with Gasteiger partial charge in [0, 0.05) is 0 Å². The Balaban J connectivity index is 2.38. The van der Waals surface area contributed by atoms with E-state index in [4.69, 9.17) is 0 Å². The normalized spacial score (nSPS) is 18.3. The van der Waals surface area contributed by atoms with Crippen molar-refractivity contribution in [2.24, 2.45) is 0 Å². The number of carbonyl (C=O) groups excluding carboxylic acids is 1. The van der Waals surface area contributed by atoms with Crippen LogP contribution < -0.4 is 0 Å². The minimum atomic E-state index is 0.848. The summed E-state index contributed by atoms with van der Waals surface area (Å²) < 4.78 is 0. The molecular formula is C15H16O. The molecule has 2 rings (SSSR count). The molecule has 82 valence electrons. The van der Waals surface area contributed by atoms with Crippen LogP contribution in [0.3, 0.4) is 0 Å². The quantitative estimate of drug-likeness (QED) is 0.541. The molecule has 0 saturated heterocycles. The smallest absolute Gasteiger partial charge is 0.143 e. The summed E-state index contributed by atoms with van der Waals surface area (Å²) in [4.78, 5) is 10.4. The van der Waals surface area contributed by atoms with Crippen LogP contribution in [0.4, 0.5) is 0 Å². The molecule has 0 aliphatic heterocycles. The summed E-state index contributed by atoms with van der Waals surface area (Å²) in [6.07, 6.45) is 8.08. The predicted molar refractivity (Wildman–Crippen MR) is 67.2 cm³/mol. The van der Waals surface area contributed by atoms with E-state index in [-0.39, 0.29) is 0 Å². The van der Waals surface area contributed by atoms with Crippen molar-refractivity contribution < 1.29 is 4.79 Å². The van der Waals surface area contributed by atoms with Crippen LogP contribution >= 0.6 is 0 Å². The van der Waals surface area contributed by atoms with E-state index in [0.29, 0.717) is 0 Å². The maximum Gasteiger partial charge on any atom is 0.143 e. The first-order valence-electron chi connectivity index (χ1n) is 5.72. The fourth-order valence-electron chi connectivity index (χ4n) is 2.24. The molecule has 1 aromatic rings. The van der Waals surface area contributed by atoms with Crippen molar-refractivity contribution in [2.45, 2.75) is 26.2 Å². The second-order valence-corrected chi connectivity index (χ2v) is 4.23. The SMILES string of the molecule is CC(=C/C=O)/C=C1\CCCc2ccccc21. The number of hydrogen-bond acceptors (Lipinski definition) is 1. The average Bonchev–Trinajstić information content (AvgIpc) is 2.30. The van der Waals surface area contributed by atoms with E-state index in [1.165, 1.54) is 29.5 Å². The van der Waals surface area contributed by atoms with Crippen LogP contribution in [0.15, 0.2) is 42.0 Å². The van der Waals surface area contributed by atoms with Gasteiger partial charge < -0.3 is 0 Å². The van der Waals surface area contributed by atoms with Gasteiger partial charge in [-0.05, 0) is 54.5 Å². The fraction of sp³-hybridized carbons (Fsp3) is 0.267. The Morgan fingerprint density at radius 3 is 2.88 bits per heavy atom. The van der Waals surface area contributed by atoms with Crippen LogP contribution in [0.25, 0.3) is 5.57 Å². The molecule has 16 heavy (non-hydrogen) atoms. The lowest BCUT2D eigenvalue weighted by Crippen LogP contribution is -2.01. The minimum Gasteiger partial charge on any atom is -0.299 e. The van der Waals surface area contributed by atoms with E-state index in [1.807, 2.05) is 6.92 Å². The molecule has 0 aromatic heterocycles. The fourth-order valence-corrected chi connectivity index (χ4v) is 2.24. The van der Waals surface area contributed by atoms with Crippen molar-refractivity contribution in [3.63, 3.8) is 0 Å². The molecular weight excluding hydrogens is 196 g/mol. The molecule has 0 saturated carbocycles. The monoisotopic (exact) mass is 212 g/mol. The topological polar surface area (TPSA) is 17.1 Å². The van der Waals surface area contributed by atoms with Crippen LogP contribution in [0.1, 0.15) is 30.9 Å². The lowest BCUT2D eigenvalue weighted by atomic mass is 9.86. The van der Waals surface area contributed by atoms with Crippen molar-refractivity contribution in [3.8, 4) is 0 Å². The number of aryl methyl sites for hydroxylation is 1. The Kier molecular flexibility index (Phi) is 3.35. The Morgan fingerprint density at radius 2 is 2.06 bits per heavy atom. The Labute approximate surface area is 96.5 Å². The number of benzene rings is 1. The van der Waals surface area contributed by atoms with E-state index in [1.54, 1.807) is 6.08 Å². The molecule has 0 atom stereocenters. The highest BCUT2D eigenvalue weighted by Gasteiger charge is 2.12. The molecule has 0 bridgehead atoms. The van der Waals surface area contributed by atoms with Crippen molar-refractivity contribution in [2.75, 3.05) is 0 Å². The van der Waals surface area contributed by atoms with Crippen molar-refractivity contribution >= 4 is 11.9 Å². The first-order valence-corrected chi connectivity index (χ1v) is 5.72. The molecule has 1 aliphatic carbocycles. The van der Waals surface area contributed by atoms with Crippen molar-refractivity contribution in [1.82, 2.24) is 0 Å². The second-order valence-electron chi connectivity index (χ2n) is 4.23. The van der Waals surface area contributed by atoms with E-state index >= 15 is 0 Å². The molecule has 1 aromatic carbocycles. The number of hydrogen-bond donors (Lipinski definition) is 0. The molecule has 0 radical (unpaired) electrons. The lowest BCUT2D eigenvalue weighted by Gasteiger charge is -2.18. The minimum absolute atomic E-state index is 0.848.